The van der Waals surface area contributed by atoms with E-state index in [1.807, 2.05) is 43.3 Å². The molecular weight excluding hydrogens is 274 g/mol. The zero-order valence-corrected chi connectivity index (χ0v) is 13.6. The lowest BCUT2D eigenvalue weighted by Crippen LogP contribution is -2.09. The van der Waals surface area contributed by atoms with E-state index in [4.69, 9.17) is 9.47 Å². The van der Waals surface area contributed by atoms with Crippen LogP contribution in [0.1, 0.15) is 32.8 Å². The van der Waals surface area contributed by atoms with E-state index in [2.05, 4.69) is 31.3 Å². The predicted octanol–water partition coefficient (Wildman–Crippen LogP) is 4.87. The third kappa shape index (κ3) is 4.99. The highest BCUT2D eigenvalue weighted by Gasteiger charge is 2.01. The van der Waals surface area contributed by atoms with E-state index in [0.717, 1.165) is 30.2 Å². The Bertz CT molecular complexity index is 549. The van der Waals surface area contributed by atoms with Gasteiger partial charge in [0.1, 0.15) is 11.5 Å². The second-order valence-corrected chi connectivity index (χ2v) is 5.29. The number of rotatable bonds is 8. The fraction of sp³-hybridized carbons (Fsp3) is 0.368. The molecule has 0 bridgehead atoms. The van der Waals surface area contributed by atoms with Crippen molar-refractivity contribution in [3.05, 3.63) is 54.1 Å². The molecule has 2 rings (SSSR count). The van der Waals surface area contributed by atoms with Gasteiger partial charge in [-0.05, 0) is 62.2 Å². The van der Waals surface area contributed by atoms with Crippen LogP contribution in [0.3, 0.4) is 0 Å². The monoisotopic (exact) mass is 299 g/mol. The molecule has 0 radical (unpaired) electrons. The molecule has 0 saturated carbocycles. The van der Waals surface area contributed by atoms with Crippen LogP contribution in [0.5, 0.6) is 11.5 Å². The molecule has 0 aliphatic heterocycles. The number of hydrogen-bond donors (Lipinski definition) is 1. The normalized spacial score (nSPS) is 11.8. The summed E-state index contributed by atoms with van der Waals surface area (Å²) in [5, 5.41) is 3.41. The molecule has 1 unspecified atom stereocenters. The van der Waals surface area contributed by atoms with Crippen molar-refractivity contribution in [1.29, 1.82) is 0 Å². The Labute approximate surface area is 133 Å². The average Bonchev–Trinajstić information content (AvgIpc) is 2.56. The Hall–Kier alpha value is -2.16. The fourth-order valence-electron chi connectivity index (χ4n) is 2.04. The van der Waals surface area contributed by atoms with Gasteiger partial charge in [0.05, 0.1) is 12.7 Å². The van der Waals surface area contributed by atoms with Crippen LogP contribution in [0.25, 0.3) is 0 Å². The SMILES string of the molecule is CCOc1ccc(CNc2ccc(OC(C)CC)cc2)cc1. The van der Waals surface area contributed by atoms with Crippen molar-refractivity contribution < 1.29 is 9.47 Å². The third-order valence-corrected chi connectivity index (χ3v) is 3.50. The van der Waals surface area contributed by atoms with Crippen molar-refractivity contribution in [1.82, 2.24) is 0 Å². The van der Waals surface area contributed by atoms with Crippen LogP contribution in [-0.4, -0.2) is 12.7 Å². The Balaban J connectivity index is 1.86. The number of ether oxygens (including phenoxy) is 2. The summed E-state index contributed by atoms with van der Waals surface area (Å²) in [5.74, 6) is 1.83. The third-order valence-electron chi connectivity index (χ3n) is 3.50. The average molecular weight is 299 g/mol. The minimum atomic E-state index is 0.252. The molecule has 0 aliphatic rings. The zero-order chi connectivity index (χ0) is 15.8. The first-order chi connectivity index (χ1) is 10.7. The highest BCUT2D eigenvalue weighted by Crippen LogP contribution is 2.19. The largest absolute Gasteiger partial charge is 0.494 e. The van der Waals surface area contributed by atoms with Gasteiger partial charge in [-0.3, -0.25) is 0 Å². The van der Waals surface area contributed by atoms with E-state index in [1.54, 1.807) is 0 Å². The van der Waals surface area contributed by atoms with Crippen LogP contribution in [-0.2, 0) is 6.54 Å². The molecule has 0 heterocycles. The summed E-state index contributed by atoms with van der Waals surface area (Å²) in [4.78, 5) is 0. The minimum Gasteiger partial charge on any atom is -0.494 e. The quantitative estimate of drug-likeness (QED) is 0.754. The van der Waals surface area contributed by atoms with Crippen LogP contribution in [0.15, 0.2) is 48.5 Å². The van der Waals surface area contributed by atoms with Crippen molar-refractivity contribution in [2.24, 2.45) is 0 Å². The standard InChI is InChI=1S/C19H25NO2/c1-4-15(3)22-19-12-8-17(9-13-19)20-14-16-6-10-18(11-7-16)21-5-2/h6-13,15,20H,4-5,14H2,1-3H3. The minimum absolute atomic E-state index is 0.252. The summed E-state index contributed by atoms with van der Waals surface area (Å²) in [5.41, 5.74) is 2.31. The topological polar surface area (TPSA) is 30.5 Å². The molecule has 0 saturated heterocycles. The van der Waals surface area contributed by atoms with E-state index < -0.39 is 0 Å². The number of benzene rings is 2. The molecule has 118 valence electrons. The summed E-state index contributed by atoms with van der Waals surface area (Å²) in [6.07, 6.45) is 1.26. The summed E-state index contributed by atoms with van der Waals surface area (Å²) in [7, 11) is 0. The lowest BCUT2D eigenvalue weighted by Gasteiger charge is -2.13. The molecule has 2 aromatic rings. The Morgan fingerprint density at radius 1 is 0.909 bits per heavy atom. The molecule has 22 heavy (non-hydrogen) atoms. The van der Waals surface area contributed by atoms with Crippen LogP contribution in [0.2, 0.25) is 0 Å². The second kappa shape index (κ2) is 8.32. The lowest BCUT2D eigenvalue weighted by molar-refractivity contribution is 0.217. The van der Waals surface area contributed by atoms with E-state index in [9.17, 15) is 0 Å². The maximum atomic E-state index is 5.78. The number of anilines is 1. The molecule has 1 N–H and O–H groups in total. The van der Waals surface area contributed by atoms with E-state index >= 15 is 0 Å². The first-order valence-electron chi connectivity index (χ1n) is 7.93. The van der Waals surface area contributed by atoms with Gasteiger partial charge >= 0.3 is 0 Å². The highest BCUT2D eigenvalue weighted by atomic mass is 16.5. The smallest absolute Gasteiger partial charge is 0.119 e. The Morgan fingerprint density at radius 2 is 1.55 bits per heavy atom. The predicted molar refractivity (Wildman–Crippen MR) is 91.8 cm³/mol. The van der Waals surface area contributed by atoms with Crippen molar-refractivity contribution in [2.45, 2.75) is 39.8 Å². The van der Waals surface area contributed by atoms with Crippen LogP contribution >= 0.6 is 0 Å². The molecule has 0 aliphatic carbocycles. The van der Waals surface area contributed by atoms with Gasteiger partial charge in [-0.1, -0.05) is 19.1 Å². The molecule has 0 aromatic heterocycles. The van der Waals surface area contributed by atoms with Crippen LogP contribution < -0.4 is 14.8 Å². The summed E-state index contributed by atoms with van der Waals surface area (Å²) in [6, 6.07) is 16.3. The zero-order valence-electron chi connectivity index (χ0n) is 13.6. The number of nitrogens with one attached hydrogen (secondary N) is 1. The van der Waals surface area contributed by atoms with E-state index in [-0.39, 0.29) is 6.10 Å². The van der Waals surface area contributed by atoms with Gasteiger partial charge in [0.25, 0.3) is 0 Å². The van der Waals surface area contributed by atoms with Gasteiger partial charge in [0.15, 0.2) is 0 Å². The maximum Gasteiger partial charge on any atom is 0.119 e. The molecule has 0 spiro atoms. The van der Waals surface area contributed by atoms with Gasteiger partial charge in [-0.2, -0.15) is 0 Å². The molecule has 1 atom stereocenters. The summed E-state index contributed by atoms with van der Waals surface area (Å²) >= 11 is 0. The summed E-state index contributed by atoms with van der Waals surface area (Å²) in [6.45, 7) is 7.68. The van der Waals surface area contributed by atoms with Crippen molar-refractivity contribution in [3.8, 4) is 11.5 Å². The van der Waals surface area contributed by atoms with E-state index in [0.29, 0.717) is 6.61 Å². The molecule has 3 nitrogen and oxygen atoms in total. The fourth-order valence-corrected chi connectivity index (χ4v) is 2.04. The van der Waals surface area contributed by atoms with Crippen LogP contribution in [0.4, 0.5) is 5.69 Å². The lowest BCUT2D eigenvalue weighted by atomic mass is 10.2. The van der Waals surface area contributed by atoms with Crippen molar-refractivity contribution in [2.75, 3.05) is 11.9 Å². The Kier molecular flexibility index (Phi) is 6.13. The maximum absolute atomic E-state index is 5.78. The highest BCUT2D eigenvalue weighted by molar-refractivity contribution is 5.47. The molecule has 0 amide bonds. The Morgan fingerprint density at radius 3 is 2.14 bits per heavy atom. The van der Waals surface area contributed by atoms with Gasteiger partial charge in [0, 0.05) is 12.2 Å². The molecule has 3 heteroatoms. The van der Waals surface area contributed by atoms with Gasteiger partial charge in [-0.25, -0.2) is 0 Å². The second-order valence-electron chi connectivity index (χ2n) is 5.29. The molecule has 2 aromatic carbocycles. The van der Waals surface area contributed by atoms with E-state index in [1.165, 1.54) is 5.56 Å². The number of hydrogen-bond acceptors (Lipinski definition) is 3. The van der Waals surface area contributed by atoms with Gasteiger partial charge in [-0.15, -0.1) is 0 Å². The summed E-state index contributed by atoms with van der Waals surface area (Å²) < 4.78 is 11.2. The first kappa shape index (κ1) is 16.2. The molecule has 0 fully saturated rings. The molecular formula is C19H25NO2. The van der Waals surface area contributed by atoms with Crippen LogP contribution in [0, 0.1) is 0 Å². The van der Waals surface area contributed by atoms with Gasteiger partial charge < -0.3 is 14.8 Å². The van der Waals surface area contributed by atoms with Crippen molar-refractivity contribution in [3.63, 3.8) is 0 Å². The van der Waals surface area contributed by atoms with Gasteiger partial charge in [0.2, 0.25) is 0 Å². The van der Waals surface area contributed by atoms with Crippen molar-refractivity contribution >= 4 is 5.69 Å². The first-order valence-corrected chi connectivity index (χ1v) is 7.93.